The molecule has 3 nitrogen and oxygen atoms in total. The Bertz CT molecular complexity index is 422. The zero-order chi connectivity index (χ0) is 9.97. The lowest BCUT2D eigenvalue weighted by atomic mass is 10.3. The molecule has 2 heterocycles. The number of rotatable bonds is 1. The van der Waals surface area contributed by atoms with Crippen molar-refractivity contribution in [2.75, 3.05) is 0 Å². The predicted molar refractivity (Wildman–Crippen MR) is 57.7 cm³/mol. The molecule has 0 amide bonds. The van der Waals surface area contributed by atoms with Crippen LogP contribution in [0.5, 0.6) is 0 Å². The standard InChI is InChI=1S/C10H8BrN3/c1-7-6-9(11)14-10(13-7)8-4-2-3-5-12-8/h2-6H,1H3. The molecule has 0 aliphatic heterocycles. The lowest BCUT2D eigenvalue weighted by Crippen LogP contribution is -1.93. The summed E-state index contributed by atoms with van der Waals surface area (Å²) in [5, 5.41) is 0. The highest BCUT2D eigenvalue weighted by Gasteiger charge is 2.03. The second-order valence-electron chi connectivity index (χ2n) is 2.87. The number of hydrogen-bond acceptors (Lipinski definition) is 3. The van der Waals surface area contributed by atoms with Gasteiger partial charge in [0.25, 0.3) is 0 Å². The van der Waals surface area contributed by atoms with Gasteiger partial charge in [0.2, 0.25) is 0 Å². The van der Waals surface area contributed by atoms with Crippen LogP contribution in [0.2, 0.25) is 0 Å². The van der Waals surface area contributed by atoms with Gasteiger partial charge in [-0.1, -0.05) is 6.07 Å². The van der Waals surface area contributed by atoms with E-state index >= 15 is 0 Å². The highest BCUT2D eigenvalue weighted by atomic mass is 79.9. The summed E-state index contributed by atoms with van der Waals surface area (Å²) in [5.74, 6) is 0.650. The molecular weight excluding hydrogens is 242 g/mol. The normalized spacial score (nSPS) is 10.1. The quantitative estimate of drug-likeness (QED) is 0.730. The van der Waals surface area contributed by atoms with Crippen LogP contribution in [0.3, 0.4) is 0 Å². The molecule has 2 aromatic heterocycles. The highest BCUT2D eigenvalue weighted by molar-refractivity contribution is 9.10. The van der Waals surface area contributed by atoms with Crippen molar-refractivity contribution in [3.8, 4) is 11.5 Å². The summed E-state index contributed by atoms with van der Waals surface area (Å²) >= 11 is 3.33. The molecule has 70 valence electrons. The van der Waals surface area contributed by atoms with Crippen molar-refractivity contribution in [2.24, 2.45) is 0 Å². The van der Waals surface area contributed by atoms with E-state index in [2.05, 4.69) is 30.9 Å². The van der Waals surface area contributed by atoms with E-state index in [4.69, 9.17) is 0 Å². The van der Waals surface area contributed by atoms with Crippen molar-refractivity contribution in [1.29, 1.82) is 0 Å². The molecule has 0 aromatic carbocycles. The van der Waals surface area contributed by atoms with E-state index in [9.17, 15) is 0 Å². The number of nitrogens with zero attached hydrogens (tertiary/aromatic N) is 3. The van der Waals surface area contributed by atoms with E-state index in [0.29, 0.717) is 5.82 Å². The lowest BCUT2D eigenvalue weighted by molar-refractivity contribution is 1.07. The van der Waals surface area contributed by atoms with E-state index in [1.165, 1.54) is 0 Å². The van der Waals surface area contributed by atoms with Crippen molar-refractivity contribution in [1.82, 2.24) is 15.0 Å². The largest absolute Gasteiger partial charge is 0.253 e. The van der Waals surface area contributed by atoms with E-state index in [1.807, 2.05) is 31.2 Å². The number of hydrogen-bond donors (Lipinski definition) is 0. The predicted octanol–water partition coefficient (Wildman–Crippen LogP) is 2.61. The molecule has 0 bridgehead atoms. The zero-order valence-electron chi connectivity index (χ0n) is 7.61. The average Bonchev–Trinajstić information content (AvgIpc) is 2.18. The maximum atomic E-state index is 4.30. The van der Waals surface area contributed by atoms with Crippen LogP contribution >= 0.6 is 15.9 Å². The first-order valence-electron chi connectivity index (χ1n) is 4.18. The topological polar surface area (TPSA) is 38.7 Å². The van der Waals surface area contributed by atoms with Gasteiger partial charge in [-0.25, -0.2) is 9.97 Å². The maximum absolute atomic E-state index is 4.30. The molecule has 0 aliphatic carbocycles. The van der Waals surface area contributed by atoms with Crippen molar-refractivity contribution in [3.05, 3.63) is 40.8 Å². The Morgan fingerprint density at radius 1 is 1.21 bits per heavy atom. The fourth-order valence-electron chi connectivity index (χ4n) is 1.14. The average molecular weight is 250 g/mol. The summed E-state index contributed by atoms with van der Waals surface area (Å²) < 4.78 is 0.783. The van der Waals surface area contributed by atoms with Crippen LogP contribution in [0.15, 0.2) is 35.1 Å². The summed E-state index contributed by atoms with van der Waals surface area (Å²) in [6, 6.07) is 7.55. The molecule has 4 heteroatoms. The Balaban J connectivity index is 2.52. The van der Waals surface area contributed by atoms with Crippen molar-refractivity contribution in [3.63, 3.8) is 0 Å². The third-order valence-electron chi connectivity index (χ3n) is 1.72. The first-order chi connectivity index (χ1) is 6.75. The van der Waals surface area contributed by atoms with Gasteiger partial charge in [-0.05, 0) is 41.1 Å². The third kappa shape index (κ3) is 1.96. The molecule has 0 unspecified atom stereocenters. The summed E-state index contributed by atoms with van der Waals surface area (Å²) in [4.78, 5) is 12.7. The molecule has 0 aliphatic rings. The van der Waals surface area contributed by atoms with Gasteiger partial charge in [0.15, 0.2) is 5.82 Å². The molecule has 0 fully saturated rings. The monoisotopic (exact) mass is 249 g/mol. The van der Waals surface area contributed by atoms with Gasteiger partial charge in [-0.2, -0.15) is 0 Å². The minimum atomic E-state index is 0.650. The number of aryl methyl sites for hydroxylation is 1. The molecule has 0 saturated carbocycles. The molecule has 2 rings (SSSR count). The summed E-state index contributed by atoms with van der Waals surface area (Å²) in [6.45, 7) is 1.93. The van der Waals surface area contributed by atoms with Crippen molar-refractivity contribution in [2.45, 2.75) is 6.92 Å². The number of halogens is 1. The Hall–Kier alpha value is -1.29. The van der Waals surface area contributed by atoms with Gasteiger partial charge in [0.1, 0.15) is 10.3 Å². The van der Waals surface area contributed by atoms with E-state index in [1.54, 1.807) is 6.20 Å². The smallest absolute Gasteiger partial charge is 0.179 e. The fourth-order valence-corrected chi connectivity index (χ4v) is 1.64. The molecule has 0 atom stereocenters. The Morgan fingerprint density at radius 2 is 2.07 bits per heavy atom. The number of pyridine rings is 1. The Labute approximate surface area is 90.4 Å². The lowest BCUT2D eigenvalue weighted by Gasteiger charge is -2.00. The maximum Gasteiger partial charge on any atom is 0.179 e. The highest BCUT2D eigenvalue weighted by Crippen LogP contribution is 2.15. The van der Waals surface area contributed by atoms with Crippen LogP contribution in [0.1, 0.15) is 5.69 Å². The fraction of sp³-hybridized carbons (Fsp3) is 0.100. The first-order valence-corrected chi connectivity index (χ1v) is 4.97. The molecular formula is C10H8BrN3. The van der Waals surface area contributed by atoms with E-state index in [0.717, 1.165) is 16.0 Å². The Morgan fingerprint density at radius 3 is 2.71 bits per heavy atom. The van der Waals surface area contributed by atoms with Crippen molar-refractivity contribution < 1.29 is 0 Å². The van der Waals surface area contributed by atoms with Gasteiger partial charge in [-0.15, -0.1) is 0 Å². The number of aromatic nitrogens is 3. The van der Waals surface area contributed by atoms with Gasteiger partial charge in [0, 0.05) is 11.9 Å². The summed E-state index contributed by atoms with van der Waals surface area (Å²) in [7, 11) is 0. The van der Waals surface area contributed by atoms with Crippen LogP contribution in [0.4, 0.5) is 0 Å². The van der Waals surface area contributed by atoms with Crippen molar-refractivity contribution >= 4 is 15.9 Å². The van der Waals surface area contributed by atoms with Crippen LogP contribution in [0.25, 0.3) is 11.5 Å². The first kappa shape index (κ1) is 9.27. The third-order valence-corrected chi connectivity index (χ3v) is 2.12. The molecule has 0 saturated heterocycles. The Kier molecular flexibility index (Phi) is 2.54. The van der Waals surface area contributed by atoms with Gasteiger partial charge < -0.3 is 0 Å². The van der Waals surface area contributed by atoms with Crippen LogP contribution in [0, 0.1) is 6.92 Å². The second kappa shape index (κ2) is 3.84. The van der Waals surface area contributed by atoms with Crippen LogP contribution in [-0.2, 0) is 0 Å². The van der Waals surface area contributed by atoms with Crippen LogP contribution in [-0.4, -0.2) is 15.0 Å². The summed E-state index contributed by atoms with van der Waals surface area (Å²) in [6.07, 6.45) is 1.73. The molecule has 0 N–H and O–H groups in total. The second-order valence-corrected chi connectivity index (χ2v) is 3.68. The zero-order valence-corrected chi connectivity index (χ0v) is 9.19. The minimum Gasteiger partial charge on any atom is -0.253 e. The molecule has 0 radical (unpaired) electrons. The van der Waals surface area contributed by atoms with Gasteiger partial charge >= 0.3 is 0 Å². The minimum absolute atomic E-state index is 0.650. The molecule has 14 heavy (non-hydrogen) atoms. The molecule has 2 aromatic rings. The van der Waals surface area contributed by atoms with Crippen LogP contribution < -0.4 is 0 Å². The van der Waals surface area contributed by atoms with E-state index < -0.39 is 0 Å². The summed E-state index contributed by atoms with van der Waals surface area (Å²) in [5.41, 5.74) is 1.71. The van der Waals surface area contributed by atoms with Gasteiger partial charge in [-0.3, -0.25) is 4.98 Å². The van der Waals surface area contributed by atoms with E-state index in [-0.39, 0.29) is 0 Å². The molecule has 0 spiro atoms. The SMILES string of the molecule is Cc1cc(Br)nc(-c2ccccn2)n1. The van der Waals surface area contributed by atoms with Gasteiger partial charge in [0.05, 0.1) is 0 Å².